The molecule has 0 N–H and O–H groups in total. The Balaban J connectivity index is 3.30. The molecule has 1 aromatic rings. The third-order valence-electron chi connectivity index (χ3n) is 1.40. The van der Waals surface area contributed by atoms with Gasteiger partial charge in [0.15, 0.2) is 0 Å². The van der Waals surface area contributed by atoms with Gasteiger partial charge in [0.25, 0.3) is 9.05 Å². The molecule has 0 saturated heterocycles. The Morgan fingerprint density at radius 2 is 2.08 bits per heavy atom. The van der Waals surface area contributed by atoms with Crippen LogP contribution in [0.1, 0.15) is 0 Å². The molecule has 0 atom stereocenters. The molecular formula is C7H6BrClO3S. The van der Waals surface area contributed by atoms with Gasteiger partial charge in [0.1, 0.15) is 5.75 Å². The number of benzene rings is 1. The Labute approximate surface area is 89.2 Å². The summed E-state index contributed by atoms with van der Waals surface area (Å²) in [6, 6.07) is 4.31. The highest BCUT2D eigenvalue weighted by Crippen LogP contribution is 2.28. The quantitative estimate of drug-likeness (QED) is 0.784. The normalized spacial score (nSPS) is 11.3. The molecule has 6 heteroatoms. The van der Waals surface area contributed by atoms with Crippen molar-refractivity contribution >= 4 is 35.7 Å². The molecule has 0 amide bonds. The zero-order chi connectivity index (χ0) is 10.1. The molecule has 1 rings (SSSR count). The smallest absolute Gasteiger partial charge is 0.261 e. The first-order valence-electron chi connectivity index (χ1n) is 3.23. The van der Waals surface area contributed by atoms with Crippen LogP contribution in [0, 0.1) is 0 Å². The minimum atomic E-state index is -3.68. The highest BCUT2D eigenvalue weighted by Gasteiger charge is 2.12. The lowest BCUT2D eigenvalue weighted by molar-refractivity contribution is 0.411. The molecule has 13 heavy (non-hydrogen) atoms. The first kappa shape index (κ1) is 10.8. The monoisotopic (exact) mass is 284 g/mol. The van der Waals surface area contributed by atoms with E-state index in [9.17, 15) is 8.42 Å². The van der Waals surface area contributed by atoms with Gasteiger partial charge in [-0.25, -0.2) is 8.42 Å². The minimum absolute atomic E-state index is 0.0224. The number of rotatable bonds is 2. The van der Waals surface area contributed by atoms with E-state index in [-0.39, 0.29) is 4.90 Å². The fourth-order valence-corrected chi connectivity index (χ4v) is 1.97. The molecule has 0 radical (unpaired) electrons. The van der Waals surface area contributed by atoms with E-state index in [1.165, 1.54) is 19.2 Å². The van der Waals surface area contributed by atoms with Gasteiger partial charge in [-0.2, -0.15) is 0 Å². The summed E-state index contributed by atoms with van der Waals surface area (Å²) >= 11 is 3.19. The summed E-state index contributed by atoms with van der Waals surface area (Å²) in [6.45, 7) is 0. The Hall–Kier alpha value is -0.260. The largest absolute Gasteiger partial charge is 0.496 e. The summed E-state index contributed by atoms with van der Waals surface area (Å²) in [5.41, 5.74) is 0. The molecule has 0 bridgehead atoms. The lowest BCUT2D eigenvalue weighted by Gasteiger charge is -2.03. The molecule has 0 spiro atoms. The minimum Gasteiger partial charge on any atom is -0.496 e. The molecule has 0 heterocycles. The summed E-state index contributed by atoms with van der Waals surface area (Å²) in [5, 5.41) is 0. The van der Waals surface area contributed by atoms with Crippen molar-refractivity contribution in [2.24, 2.45) is 0 Å². The van der Waals surface area contributed by atoms with Crippen LogP contribution in [0.25, 0.3) is 0 Å². The molecule has 0 aliphatic carbocycles. The molecule has 1 aromatic carbocycles. The van der Waals surface area contributed by atoms with E-state index in [2.05, 4.69) is 15.9 Å². The van der Waals surface area contributed by atoms with Gasteiger partial charge in [0.2, 0.25) is 0 Å². The molecule has 0 fully saturated rings. The lowest BCUT2D eigenvalue weighted by Crippen LogP contribution is -1.92. The topological polar surface area (TPSA) is 43.4 Å². The molecule has 0 aliphatic rings. The number of halogens is 2. The van der Waals surface area contributed by atoms with Gasteiger partial charge in [-0.1, -0.05) is 0 Å². The Bertz CT molecular complexity index is 416. The maximum absolute atomic E-state index is 10.9. The van der Waals surface area contributed by atoms with Gasteiger partial charge in [0, 0.05) is 16.7 Å². The van der Waals surface area contributed by atoms with Crippen LogP contribution in [-0.4, -0.2) is 15.5 Å². The van der Waals surface area contributed by atoms with Crippen LogP contribution in [-0.2, 0) is 9.05 Å². The maximum Gasteiger partial charge on any atom is 0.261 e. The van der Waals surface area contributed by atoms with Gasteiger partial charge >= 0.3 is 0 Å². The van der Waals surface area contributed by atoms with E-state index < -0.39 is 9.05 Å². The Morgan fingerprint density at radius 3 is 2.54 bits per heavy atom. The van der Waals surface area contributed by atoms with Crippen molar-refractivity contribution in [1.82, 2.24) is 0 Å². The van der Waals surface area contributed by atoms with Gasteiger partial charge in [-0.05, 0) is 28.1 Å². The van der Waals surface area contributed by atoms with Crippen molar-refractivity contribution < 1.29 is 13.2 Å². The van der Waals surface area contributed by atoms with Crippen LogP contribution in [0.3, 0.4) is 0 Å². The predicted octanol–water partition coefficient (Wildman–Crippen LogP) is 2.39. The first-order valence-corrected chi connectivity index (χ1v) is 6.33. The molecule has 0 aromatic heterocycles. The summed E-state index contributed by atoms with van der Waals surface area (Å²) in [4.78, 5) is 0.0224. The predicted molar refractivity (Wildman–Crippen MR) is 53.7 cm³/mol. The third kappa shape index (κ3) is 2.59. The van der Waals surface area contributed by atoms with E-state index >= 15 is 0 Å². The van der Waals surface area contributed by atoms with E-state index in [4.69, 9.17) is 15.4 Å². The average Bonchev–Trinajstić information content (AvgIpc) is 2.03. The molecule has 3 nitrogen and oxygen atoms in total. The molecule has 0 unspecified atom stereocenters. The van der Waals surface area contributed by atoms with E-state index in [0.29, 0.717) is 10.2 Å². The second-order valence-corrected chi connectivity index (χ2v) is 5.65. The maximum atomic E-state index is 10.9. The van der Waals surface area contributed by atoms with Gasteiger partial charge in [-0.15, -0.1) is 0 Å². The van der Waals surface area contributed by atoms with Crippen LogP contribution >= 0.6 is 26.6 Å². The summed E-state index contributed by atoms with van der Waals surface area (Å²) < 4.78 is 27.4. The van der Waals surface area contributed by atoms with Crippen molar-refractivity contribution in [3.8, 4) is 5.75 Å². The Morgan fingerprint density at radius 1 is 1.46 bits per heavy atom. The second kappa shape index (κ2) is 3.86. The van der Waals surface area contributed by atoms with Crippen molar-refractivity contribution in [3.63, 3.8) is 0 Å². The average molecular weight is 286 g/mol. The van der Waals surface area contributed by atoms with E-state index in [0.717, 1.165) is 0 Å². The standard InChI is InChI=1S/C7H6BrClO3S/c1-12-7-4-5(13(9,10)11)2-3-6(7)8/h2-4H,1H3. The molecular weight excluding hydrogens is 279 g/mol. The summed E-state index contributed by atoms with van der Waals surface area (Å²) in [5.74, 6) is 0.432. The SMILES string of the molecule is COc1cc(S(=O)(=O)Cl)ccc1Br. The zero-order valence-corrected chi connectivity index (χ0v) is 9.78. The summed E-state index contributed by atoms with van der Waals surface area (Å²) in [6.07, 6.45) is 0. The van der Waals surface area contributed by atoms with E-state index in [1.54, 1.807) is 6.07 Å². The van der Waals surface area contributed by atoms with Gasteiger partial charge < -0.3 is 4.74 Å². The highest BCUT2D eigenvalue weighted by molar-refractivity contribution is 9.10. The van der Waals surface area contributed by atoms with Crippen molar-refractivity contribution in [1.29, 1.82) is 0 Å². The number of methoxy groups -OCH3 is 1. The first-order chi connectivity index (χ1) is 5.95. The molecule has 72 valence electrons. The van der Waals surface area contributed by atoms with Crippen molar-refractivity contribution in [2.75, 3.05) is 7.11 Å². The summed E-state index contributed by atoms with van der Waals surface area (Å²) in [7, 11) is 2.91. The number of hydrogen-bond donors (Lipinski definition) is 0. The number of ether oxygens (including phenoxy) is 1. The highest BCUT2D eigenvalue weighted by atomic mass is 79.9. The third-order valence-corrected chi connectivity index (χ3v) is 3.41. The zero-order valence-electron chi connectivity index (χ0n) is 6.62. The van der Waals surface area contributed by atoms with Crippen LogP contribution in [0.2, 0.25) is 0 Å². The van der Waals surface area contributed by atoms with E-state index in [1.807, 2.05) is 0 Å². The molecule has 0 aliphatic heterocycles. The fourth-order valence-electron chi connectivity index (χ4n) is 0.792. The van der Waals surface area contributed by atoms with Gasteiger partial charge in [-0.3, -0.25) is 0 Å². The van der Waals surface area contributed by atoms with Crippen molar-refractivity contribution in [3.05, 3.63) is 22.7 Å². The van der Waals surface area contributed by atoms with Crippen molar-refractivity contribution in [2.45, 2.75) is 4.90 Å². The molecule has 0 saturated carbocycles. The van der Waals surface area contributed by atoms with Crippen LogP contribution < -0.4 is 4.74 Å². The van der Waals surface area contributed by atoms with Crippen LogP contribution in [0.4, 0.5) is 0 Å². The van der Waals surface area contributed by atoms with Crippen LogP contribution in [0.5, 0.6) is 5.75 Å². The van der Waals surface area contributed by atoms with Crippen LogP contribution in [0.15, 0.2) is 27.6 Å². The fraction of sp³-hybridized carbons (Fsp3) is 0.143. The second-order valence-electron chi connectivity index (χ2n) is 2.23. The lowest BCUT2D eigenvalue weighted by atomic mass is 10.3. The number of hydrogen-bond acceptors (Lipinski definition) is 3. The van der Waals surface area contributed by atoms with Gasteiger partial charge in [0.05, 0.1) is 16.5 Å². The Kier molecular flexibility index (Phi) is 3.21.